The monoisotopic (exact) mass is 486 g/mol. The number of para-hydroxylation sites is 1. The lowest BCUT2D eigenvalue weighted by molar-refractivity contribution is -0.115. The number of esters is 1. The first-order chi connectivity index (χ1) is 17.0. The fraction of sp³-hybridized carbons (Fsp3) is 0.259. The SMILES string of the molecule is Cc1ccc(NC(=O)Cc2nc(COC(=O)c3cc4ccccc4nc3N3CCCC3)cs2)cc1. The molecule has 5 rings (SSSR count). The van der Waals surface area contributed by atoms with E-state index in [1.165, 1.54) is 11.3 Å². The number of aromatic nitrogens is 2. The van der Waals surface area contributed by atoms with Crippen molar-refractivity contribution in [2.24, 2.45) is 0 Å². The molecule has 0 radical (unpaired) electrons. The molecule has 0 atom stereocenters. The Morgan fingerprint density at radius 1 is 1.06 bits per heavy atom. The molecular weight excluding hydrogens is 460 g/mol. The molecule has 1 amide bonds. The van der Waals surface area contributed by atoms with Gasteiger partial charge in [0.1, 0.15) is 23.0 Å². The summed E-state index contributed by atoms with van der Waals surface area (Å²) < 4.78 is 5.63. The number of benzene rings is 2. The smallest absolute Gasteiger partial charge is 0.342 e. The molecule has 4 aromatic rings. The number of carbonyl (C=O) groups excluding carboxylic acids is 2. The highest BCUT2D eigenvalue weighted by molar-refractivity contribution is 7.09. The Morgan fingerprint density at radius 3 is 2.63 bits per heavy atom. The van der Waals surface area contributed by atoms with Crippen LogP contribution in [-0.2, 0) is 22.6 Å². The van der Waals surface area contributed by atoms with E-state index in [1.54, 1.807) is 0 Å². The van der Waals surface area contributed by atoms with Crippen molar-refractivity contribution in [2.45, 2.75) is 32.8 Å². The fourth-order valence-electron chi connectivity index (χ4n) is 4.12. The second-order valence-corrected chi connectivity index (χ2v) is 9.59. The third-order valence-corrected chi connectivity index (χ3v) is 6.82. The van der Waals surface area contributed by atoms with E-state index >= 15 is 0 Å². The lowest BCUT2D eigenvalue weighted by Crippen LogP contribution is -2.23. The van der Waals surface area contributed by atoms with Gasteiger partial charge in [-0.2, -0.15) is 0 Å². The van der Waals surface area contributed by atoms with E-state index in [0.717, 1.165) is 48.1 Å². The van der Waals surface area contributed by atoms with Gasteiger partial charge in [-0.1, -0.05) is 35.9 Å². The molecule has 3 heterocycles. The Hall–Kier alpha value is -3.78. The molecule has 0 aliphatic carbocycles. The molecule has 2 aromatic heterocycles. The van der Waals surface area contributed by atoms with Crippen molar-refractivity contribution in [3.05, 3.63) is 81.8 Å². The number of pyridine rings is 1. The minimum absolute atomic E-state index is 0.0428. The molecule has 1 fully saturated rings. The van der Waals surface area contributed by atoms with Gasteiger partial charge in [-0.25, -0.2) is 14.8 Å². The van der Waals surface area contributed by atoms with Crippen LogP contribution in [0.4, 0.5) is 11.5 Å². The van der Waals surface area contributed by atoms with Crippen LogP contribution in [0.2, 0.25) is 0 Å². The molecule has 0 spiro atoms. The highest BCUT2D eigenvalue weighted by Gasteiger charge is 2.23. The maximum atomic E-state index is 13.1. The first-order valence-electron chi connectivity index (χ1n) is 11.7. The van der Waals surface area contributed by atoms with Crippen molar-refractivity contribution < 1.29 is 14.3 Å². The van der Waals surface area contributed by atoms with Gasteiger partial charge in [0.05, 0.1) is 17.6 Å². The Balaban J connectivity index is 1.24. The summed E-state index contributed by atoms with van der Waals surface area (Å²) in [5, 5.41) is 6.27. The van der Waals surface area contributed by atoms with Crippen LogP contribution in [0.1, 0.15) is 39.5 Å². The zero-order chi connectivity index (χ0) is 24.2. The number of rotatable bonds is 7. The van der Waals surface area contributed by atoms with Crippen LogP contribution in [0.3, 0.4) is 0 Å². The Morgan fingerprint density at radius 2 is 1.83 bits per heavy atom. The molecule has 0 bridgehead atoms. The van der Waals surface area contributed by atoms with E-state index in [9.17, 15) is 9.59 Å². The third-order valence-electron chi connectivity index (χ3n) is 5.93. The van der Waals surface area contributed by atoms with Crippen molar-refractivity contribution >= 4 is 45.6 Å². The van der Waals surface area contributed by atoms with Gasteiger partial charge < -0.3 is 15.0 Å². The largest absolute Gasteiger partial charge is 0.455 e. The minimum atomic E-state index is -0.420. The molecular formula is C27H26N4O3S. The molecule has 0 saturated carbocycles. The summed E-state index contributed by atoms with van der Waals surface area (Å²) in [7, 11) is 0. The van der Waals surface area contributed by atoms with E-state index in [-0.39, 0.29) is 18.9 Å². The summed E-state index contributed by atoms with van der Waals surface area (Å²) in [6.07, 6.45) is 2.34. The Kier molecular flexibility index (Phi) is 6.72. The number of carbonyl (C=O) groups is 2. The number of fused-ring (bicyclic) bond motifs is 1. The predicted molar refractivity (Wildman–Crippen MR) is 138 cm³/mol. The van der Waals surface area contributed by atoms with Gasteiger partial charge in [-0.15, -0.1) is 11.3 Å². The summed E-state index contributed by atoms with van der Waals surface area (Å²) in [5.74, 6) is 0.124. The number of hydrogen-bond donors (Lipinski definition) is 1. The molecule has 2 aromatic carbocycles. The van der Waals surface area contributed by atoms with Crippen LogP contribution in [0.5, 0.6) is 0 Å². The van der Waals surface area contributed by atoms with Gasteiger partial charge in [0.15, 0.2) is 0 Å². The van der Waals surface area contributed by atoms with Crippen molar-refractivity contribution in [3.63, 3.8) is 0 Å². The number of nitrogens with one attached hydrogen (secondary N) is 1. The lowest BCUT2D eigenvalue weighted by Gasteiger charge is -2.20. The van der Waals surface area contributed by atoms with Gasteiger partial charge >= 0.3 is 5.97 Å². The maximum absolute atomic E-state index is 13.1. The average Bonchev–Trinajstić information content (AvgIpc) is 3.56. The summed E-state index contributed by atoms with van der Waals surface area (Å²) >= 11 is 1.38. The second-order valence-electron chi connectivity index (χ2n) is 8.65. The molecule has 1 saturated heterocycles. The highest BCUT2D eigenvalue weighted by atomic mass is 32.1. The number of aryl methyl sites for hydroxylation is 1. The molecule has 1 aliphatic heterocycles. The van der Waals surface area contributed by atoms with E-state index < -0.39 is 5.97 Å². The standard InChI is InChI=1S/C27H26N4O3S/c1-18-8-10-20(11-9-18)28-24(32)15-25-29-21(17-35-25)16-34-27(33)22-14-19-6-2-3-7-23(19)30-26(22)31-12-4-5-13-31/h2-3,6-11,14,17H,4-5,12-13,15-16H2,1H3,(H,28,32). The van der Waals surface area contributed by atoms with E-state index in [1.807, 2.05) is 66.9 Å². The number of hydrogen-bond acceptors (Lipinski definition) is 7. The first kappa shape index (κ1) is 23.0. The maximum Gasteiger partial charge on any atom is 0.342 e. The van der Waals surface area contributed by atoms with Crippen molar-refractivity contribution in [3.8, 4) is 0 Å². The normalized spacial score (nSPS) is 13.2. The van der Waals surface area contributed by atoms with Crippen LogP contribution in [0.25, 0.3) is 10.9 Å². The highest BCUT2D eigenvalue weighted by Crippen LogP contribution is 2.27. The second kappa shape index (κ2) is 10.2. The predicted octanol–water partition coefficient (Wildman–Crippen LogP) is 5.14. The van der Waals surface area contributed by atoms with Gasteiger partial charge in [-0.05, 0) is 44.0 Å². The Bertz CT molecular complexity index is 1360. The van der Waals surface area contributed by atoms with Gasteiger partial charge in [0, 0.05) is 29.5 Å². The molecule has 35 heavy (non-hydrogen) atoms. The number of amides is 1. The van der Waals surface area contributed by atoms with Gasteiger partial charge in [0.2, 0.25) is 5.91 Å². The van der Waals surface area contributed by atoms with Crippen molar-refractivity contribution in [1.29, 1.82) is 0 Å². The van der Waals surface area contributed by atoms with Crippen LogP contribution in [0, 0.1) is 6.92 Å². The molecule has 178 valence electrons. The number of thiazole rings is 1. The number of nitrogens with zero attached hydrogens (tertiary/aromatic N) is 3. The number of anilines is 2. The van der Waals surface area contributed by atoms with Crippen LogP contribution in [0.15, 0.2) is 60.0 Å². The summed E-state index contributed by atoms with van der Waals surface area (Å²) in [6, 6.07) is 17.3. The topological polar surface area (TPSA) is 84.4 Å². The molecule has 1 aliphatic rings. The van der Waals surface area contributed by atoms with E-state index in [2.05, 4.69) is 15.2 Å². The molecule has 8 heteroatoms. The Labute approximate surface area is 207 Å². The van der Waals surface area contributed by atoms with Crippen molar-refractivity contribution in [1.82, 2.24) is 9.97 Å². The average molecular weight is 487 g/mol. The molecule has 0 unspecified atom stereocenters. The number of ether oxygens (including phenoxy) is 1. The van der Waals surface area contributed by atoms with Crippen LogP contribution in [-0.4, -0.2) is 34.9 Å². The zero-order valence-electron chi connectivity index (χ0n) is 19.5. The molecule has 1 N–H and O–H groups in total. The van der Waals surface area contributed by atoms with Crippen LogP contribution < -0.4 is 10.2 Å². The van der Waals surface area contributed by atoms with Crippen molar-refractivity contribution in [2.75, 3.05) is 23.3 Å². The van der Waals surface area contributed by atoms with E-state index in [0.29, 0.717) is 22.1 Å². The lowest BCUT2D eigenvalue weighted by atomic mass is 10.1. The summed E-state index contributed by atoms with van der Waals surface area (Å²) in [5.41, 5.74) is 3.84. The first-order valence-corrected chi connectivity index (χ1v) is 12.5. The quantitative estimate of drug-likeness (QED) is 0.364. The zero-order valence-corrected chi connectivity index (χ0v) is 20.3. The van der Waals surface area contributed by atoms with Crippen LogP contribution >= 0.6 is 11.3 Å². The third kappa shape index (κ3) is 5.49. The van der Waals surface area contributed by atoms with E-state index in [4.69, 9.17) is 9.72 Å². The molecule has 7 nitrogen and oxygen atoms in total. The summed E-state index contributed by atoms with van der Waals surface area (Å²) in [6.45, 7) is 3.80. The van der Waals surface area contributed by atoms with Gasteiger partial charge in [-0.3, -0.25) is 4.79 Å². The van der Waals surface area contributed by atoms with Gasteiger partial charge in [0.25, 0.3) is 0 Å². The minimum Gasteiger partial charge on any atom is -0.455 e. The fourth-order valence-corrected chi connectivity index (χ4v) is 4.90. The summed E-state index contributed by atoms with van der Waals surface area (Å²) in [4.78, 5) is 36.8.